The molecule has 0 atom stereocenters. The van der Waals surface area contributed by atoms with E-state index in [-0.39, 0.29) is 4.90 Å². The zero-order valence-corrected chi connectivity index (χ0v) is 16.1. The first-order chi connectivity index (χ1) is 12.9. The van der Waals surface area contributed by atoms with E-state index in [1.54, 1.807) is 24.3 Å². The van der Waals surface area contributed by atoms with Crippen LogP contribution in [0.3, 0.4) is 0 Å². The number of benzene rings is 2. The average Bonchev–Trinajstić information content (AvgIpc) is 2.67. The van der Waals surface area contributed by atoms with Crippen molar-refractivity contribution in [2.75, 3.05) is 10.8 Å². The smallest absolute Gasteiger partial charge is 0.324 e. The summed E-state index contributed by atoms with van der Waals surface area (Å²) >= 11 is 0. The second-order valence-electron chi connectivity index (χ2n) is 6.71. The van der Waals surface area contributed by atoms with Crippen LogP contribution >= 0.6 is 0 Å². The normalized spacial score (nSPS) is 14.5. The van der Waals surface area contributed by atoms with Gasteiger partial charge in [0.05, 0.1) is 10.6 Å². The number of allylic oxidation sites excluding steroid dienone is 2. The summed E-state index contributed by atoms with van der Waals surface area (Å²) in [5, 5.41) is 9.38. The predicted octanol–water partition coefficient (Wildman–Crippen LogP) is 4.23. The van der Waals surface area contributed by atoms with Gasteiger partial charge < -0.3 is 5.11 Å². The highest BCUT2D eigenvalue weighted by Gasteiger charge is 2.29. The number of sulfonamides is 1. The van der Waals surface area contributed by atoms with E-state index in [0.29, 0.717) is 5.69 Å². The fourth-order valence-corrected chi connectivity index (χ4v) is 4.74. The van der Waals surface area contributed by atoms with Crippen molar-refractivity contribution in [1.29, 1.82) is 0 Å². The number of hydrogen-bond acceptors (Lipinski definition) is 3. The number of hydrogen-bond donors (Lipinski definition) is 1. The lowest BCUT2D eigenvalue weighted by Crippen LogP contribution is -2.36. The van der Waals surface area contributed by atoms with Gasteiger partial charge in [-0.2, -0.15) is 0 Å². The molecular weight excluding hydrogens is 362 g/mol. The first-order valence-electron chi connectivity index (χ1n) is 8.99. The van der Waals surface area contributed by atoms with E-state index < -0.39 is 22.5 Å². The highest BCUT2D eigenvalue weighted by Crippen LogP contribution is 2.35. The molecule has 0 spiro atoms. The molecular formula is C21H23NO4S. The van der Waals surface area contributed by atoms with Gasteiger partial charge in [-0.1, -0.05) is 42.0 Å². The molecule has 0 radical (unpaired) electrons. The van der Waals surface area contributed by atoms with Crippen LogP contribution < -0.4 is 4.31 Å². The number of carboxylic acids is 1. The number of rotatable bonds is 6. The molecule has 2 aromatic carbocycles. The van der Waals surface area contributed by atoms with Gasteiger partial charge in [-0.15, -0.1) is 0 Å². The number of para-hydroxylation sites is 1. The maximum Gasteiger partial charge on any atom is 0.324 e. The van der Waals surface area contributed by atoms with Crippen molar-refractivity contribution >= 4 is 27.3 Å². The number of aliphatic carboxylic acids is 1. The van der Waals surface area contributed by atoms with E-state index in [0.717, 1.165) is 46.7 Å². The molecule has 1 N–H and O–H groups in total. The van der Waals surface area contributed by atoms with E-state index in [1.165, 1.54) is 12.1 Å². The Morgan fingerprint density at radius 2 is 1.78 bits per heavy atom. The van der Waals surface area contributed by atoms with Gasteiger partial charge in [-0.3, -0.25) is 9.10 Å². The first-order valence-corrected chi connectivity index (χ1v) is 10.4. The lowest BCUT2D eigenvalue weighted by molar-refractivity contribution is -0.135. The van der Waals surface area contributed by atoms with Gasteiger partial charge in [0.25, 0.3) is 10.0 Å². The van der Waals surface area contributed by atoms with E-state index in [1.807, 2.05) is 19.1 Å². The minimum Gasteiger partial charge on any atom is -0.480 e. The predicted molar refractivity (Wildman–Crippen MR) is 106 cm³/mol. The number of aryl methyl sites for hydroxylation is 1. The molecule has 0 aromatic heterocycles. The third kappa shape index (κ3) is 4.22. The maximum atomic E-state index is 13.3. The largest absolute Gasteiger partial charge is 0.480 e. The number of carboxylic acid groups (broad SMARTS) is 1. The van der Waals surface area contributed by atoms with Crippen LogP contribution in [0, 0.1) is 6.92 Å². The van der Waals surface area contributed by atoms with Crippen molar-refractivity contribution in [2.45, 2.75) is 37.5 Å². The Kier molecular flexibility index (Phi) is 5.65. The molecule has 0 unspecified atom stereocenters. The zero-order valence-electron chi connectivity index (χ0n) is 15.3. The summed E-state index contributed by atoms with van der Waals surface area (Å²) < 4.78 is 27.5. The van der Waals surface area contributed by atoms with Gasteiger partial charge in [-0.25, -0.2) is 8.42 Å². The fraction of sp³-hybridized carbons (Fsp3) is 0.286. The van der Waals surface area contributed by atoms with Gasteiger partial charge in [0.2, 0.25) is 0 Å². The SMILES string of the molecule is Cc1ccc(S(=O)(=O)N(CC(=O)O)c2ccccc2C2=CCCCC2)cc1. The molecule has 6 heteroatoms. The van der Waals surface area contributed by atoms with E-state index in [4.69, 9.17) is 0 Å². The molecule has 0 bridgehead atoms. The van der Waals surface area contributed by atoms with Crippen molar-refractivity contribution in [1.82, 2.24) is 0 Å². The summed E-state index contributed by atoms with van der Waals surface area (Å²) in [6.45, 7) is 1.25. The van der Waals surface area contributed by atoms with Gasteiger partial charge in [0, 0.05) is 5.56 Å². The summed E-state index contributed by atoms with van der Waals surface area (Å²) in [5.41, 5.74) is 3.21. The molecule has 0 heterocycles. The molecule has 3 rings (SSSR count). The average molecular weight is 385 g/mol. The Hall–Kier alpha value is -2.60. The molecule has 1 aliphatic rings. The van der Waals surface area contributed by atoms with Crippen molar-refractivity contribution in [3.8, 4) is 0 Å². The number of anilines is 1. The van der Waals surface area contributed by atoms with Crippen LogP contribution in [0.25, 0.3) is 5.57 Å². The second-order valence-corrected chi connectivity index (χ2v) is 8.57. The monoisotopic (exact) mass is 385 g/mol. The van der Waals surface area contributed by atoms with Crippen molar-refractivity contribution < 1.29 is 18.3 Å². The Bertz CT molecular complexity index is 962. The quantitative estimate of drug-likeness (QED) is 0.807. The summed E-state index contributed by atoms with van der Waals surface area (Å²) in [4.78, 5) is 11.6. The Morgan fingerprint density at radius 1 is 1.07 bits per heavy atom. The first kappa shape index (κ1) is 19.2. The van der Waals surface area contributed by atoms with Crippen LogP contribution in [-0.2, 0) is 14.8 Å². The second kappa shape index (κ2) is 7.96. The molecule has 0 saturated heterocycles. The molecule has 1 aliphatic carbocycles. The molecule has 5 nitrogen and oxygen atoms in total. The number of nitrogens with zero attached hydrogens (tertiary/aromatic N) is 1. The fourth-order valence-electron chi connectivity index (χ4n) is 3.31. The molecule has 27 heavy (non-hydrogen) atoms. The van der Waals surface area contributed by atoms with Gasteiger partial charge in [-0.05, 0) is 56.4 Å². The van der Waals surface area contributed by atoms with Crippen LogP contribution in [0.1, 0.15) is 36.8 Å². The molecule has 0 saturated carbocycles. The van der Waals surface area contributed by atoms with Gasteiger partial charge in [0.1, 0.15) is 6.54 Å². The molecule has 142 valence electrons. The van der Waals surface area contributed by atoms with E-state index in [9.17, 15) is 18.3 Å². The van der Waals surface area contributed by atoms with Crippen molar-refractivity contribution in [2.24, 2.45) is 0 Å². The molecule has 0 aliphatic heterocycles. The highest BCUT2D eigenvalue weighted by atomic mass is 32.2. The molecule has 2 aromatic rings. The third-order valence-corrected chi connectivity index (χ3v) is 6.47. The van der Waals surface area contributed by atoms with Crippen molar-refractivity contribution in [3.05, 3.63) is 65.7 Å². The van der Waals surface area contributed by atoms with Gasteiger partial charge in [0.15, 0.2) is 0 Å². The summed E-state index contributed by atoms with van der Waals surface area (Å²) in [6, 6.07) is 13.6. The lowest BCUT2D eigenvalue weighted by atomic mass is 9.92. The summed E-state index contributed by atoms with van der Waals surface area (Å²) in [6.07, 6.45) is 6.10. The standard InChI is InChI=1S/C21H23NO4S/c1-16-11-13-18(14-12-16)27(25,26)22(15-21(23)24)20-10-6-5-9-19(20)17-7-3-2-4-8-17/h5-7,9-14H,2-4,8,15H2,1H3,(H,23,24). The zero-order chi connectivity index (χ0) is 19.4. The maximum absolute atomic E-state index is 13.3. The van der Waals surface area contributed by atoms with Crippen molar-refractivity contribution in [3.63, 3.8) is 0 Å². The Morgan fingerprint density at radius 3 is 2.41 bits per heavy atom. The summed E-state index contributed by atoms with van der Waals surface area (Å²) in [7, 11) is -4.00. The van der Waals surface area contributed by atoms with Crippen LogP contribution in [-0.4, -0.2) is 26.0 Å². The topological polar surface area (TPSA) is 74.7 Å². The summed E-state index contributed by atoms with van der Waals surface area (Å²) in [5.74, 6) is -1.20. The van der Waals surface area contributed by atoms with Gasteiger partial charge >= 0.3 is 5.97 Å². The molecule has 0 fully saturated rings. The lowest BCUT2D eigenvalue weighted by Gasteiger charge is -2.26. The van der Waals surface area contributed by atoms with E-state index in [2.05, 4.69) is 6.08 Å². The number of carbonyl (C=O) groups is 1. The molecule has 0 amide bonds. The van der Waals surface area contributed by atoms with Crippen LogP contribution in [0.4, 0.5) is 5.69 Å². The highest BCUT2D eigenvalue weighted by molar-refractivity contribution is 7.92. The third-order valence-electron chi connectivity index (χ3n) is 4.70. The van der Waals surface area contributed by atoms with Crippen LogP contribution in [0.2, 0.25) is 0 Å². The Labute approximate surface area is 160 Å². The Balaban J connectivity index is 2.12. The van der Waals surface area contributed by atoms with Crippen LogP contribution in [0.5, 0.6) is 0 Å². The van der Waals surface area contributed by atoms with E-state index >= 15 is 0 Å². The van der Waals surface area contributed by atoms with Crippen LogP contribution in [0.15, 0.2) is 59.5 Å². The minimum absolute atomic E-state index is 0.0850. The minimum atomic E-state index is -4.00.